The molecular formula is C12H12BrNO. The molecule has 0 bridgehead atoms. The molecule has 1 amide bonds. The van der Waals surface area contributed by atoms with Gasteiger partial charge < -0.3 is 4.90 Å². The number of nitrogens with zero attached hydrogens (tertiary/aromatic N) is 1. The fourth-order valence-electron chi connectivity index (χ4n) is 1.42. The predicted molar refractivity (Wildman–Crippen MR) is 66.0 cm³/mol. The van der Waals surface area contributed by atoms with Gasteiger partial charge >= 0.3 is 5.91 Å². The van der Waals surface area contributed by atoms with Gasteiger partial charge in [-0.1, -0.05) is 17.7 Å². The van der Waals surface area contributed by atoms with Crippen LogP contribution in [0, 0.1) is 24.6 Å². The first-order valence-corrected chi connectivity index (χ1v) is 5.32. The van der Waals surface area contributed by atoms with Gasteiger partial charge in [0.15, 0.2) is 0 Å². The summed E-state index contributed by atoms with van der Waals surface area (Å²) in [4.78, 5) is 15.5. The number of carbonyl (C=O) groups is 1. The first kappa shape index (κ1) is 11.8. The van der Waals surface area contributed by atoms with Crippen molar-refractivity contribution in [1.29, 1.82) is 0 Å². The number of amides is 1. The highest BCUT2D eigenvalue weighted by atomic mass is 79.9. The van der Waals surface area contributed by atoms with Gasteiger partial charge in [0.05, 0.1) is 0 Å². The van der Waals surface area contributed by atoms with E-state index in [1.807, 2.05) is 32.0 Å². The molecule has 0 aliphatic carbocycles. The molecule has 0 spiro atoms. The normalized spacial score (nSPS) is 9.07. The van der Waals surface area contributed by atoms with E-state index in [0.717, 1.165) is 11.3 Å². The summed E-state index contributed by atoms with van der Waals surface area (Å²) in [5.41, 5.74) is 3.15. The topological polar surface area (TPSA) is 20.3 Å². The van der Waals surface area contributed by atoms with Crippen LogP contribution in [0.25, 0.3) is 0 Å². The highest BCUT2D eigenvalue weighted by molar-refractivity contribution is 9.12. The lowest BCUT2D eigenvalue weighted by Gasteiger charge is -2.16. The molecule has 0 unspecified atom stereocenters. The summed E-state index contributed by atoms with van der Waals surface area (Å²) in [6, 6.07) is 5.95. The molecule has 0 saturated heterocycles. The quantitative estimate of drug-likeness (QED) is 0.715. The molecule has 0 heterocycles. The molecule has 1 aromatic carbocycles. The fourth-order valence-corrected chi connectivity index (χ4v) is 1.58. The first-order valence-electron chi connectivity index (χ1n) is 4.53. The number of hydrogen-bond acceptors (Lipinski definition) is 1. The van der Waals surface area contributed by atoms with Gasteiger partial charge in [-0.2, -0.15) is 0 Å². The Hall–Kier alpha value is -1.27. The smallest absolute Gasteiger partial charge is 0.303 e. The van der Waals surface area contributed by atoms with Crippen LogP contribution in [0.3, 0.4) is 0 Å². The van der Waals surface area contributed by atoms with Gasteiger partial charge in [-0.25, -0.2) is 0 Å². The number of halogens is 1. The molecule has 0 aliphatic heterocycles. The van der Waals surface area contributed by atoms with E-state index in [2.05, 4.69) is 26.7 Å². The van der Waals surface area contributed by atoms with E-state index in [9.17, 15) is 4.79 Å². The van der Waals surface area contributed by atoms with Crippen LogP contribution in [0.1, 0.15) is 11.1 Å². The number of hydrogen-bond donors (Lipinski definition) is 0. The molecule has 0 saturated carbocycles. The van der Waals surface area contributed by atoms with Crippen LogP contribution in [0.4, 0.5) is 5.69 Å². The molecular weight excluding hydrogens is 254 g/mol. The van der Waals surface area contributed by atoms with Crippen LogP contribution in [0.2, 0.25) is 0 Å². The lowest BCUT2D eigenvalue weighted by atomic mass is 10.1. The summed E-state index contributed by atoms with van der Waals surface area (Å²) in [6.45, 7) is 4.00. The van der Waals surface area contributed by atoms with E-state index in [0.29, 0.717) is 0 Å². The summed E-state index contributed by atoms with van der Waals surface area (Å²) < 4.78 is 0. The van der Waals surface area contributed by atoms with E-state index >= 15 is 0 Å². The van der Waals surface area contributed by atoms with Crippen LogP contribution < -0.4 is 4.90 Å². The van der Waals surface area contributed by atoms with E-state index in [4.69, 9.17) is 0 Å². The van der Waals surface area contributed by atoms with Crippen LogP contribution in [0.15, 0.2) is 18.2 Å². The van der Waals surface area contributed by atoms with Crippen LogP contribution >= 0.6 is 15.9 Å². The minimum Gasteiger partial charge on any atom is -0.304 e. The van der Waals surface area contributed by atoms with Crippen molar-refractivity contribution in [2.24, 2.45) is 0 Å². The second kappa shape index (κ2) is 4.99. The van der Waals surface area contributed by atoms with Gasteiger partial charge in [-0.15, -0.1) is 0 Å². The average molecular weight is 266 g/mol. The van der Waals surface area contributed by atoms with Gasteiger partial charge in [0.1, 0.15) is 0 Å². The zero-order valence-electron chi connectivity index (χ0n) is 8.97. The number of benzene rings is 1. The summed E-state index contributed by atoms with van der Waals surface area (Å²) in [7, 11) is 1.72. The Morgan fingerprint density at radius 2 is 2.07 bits per heavy atom. The van der Waals surface area contributed by atoms with Gasteiger partial charge in [0, 0.05) is 34.6 Å². The van der Waals surface area contributed by atoms with Crippen molar-refractivity contribution in [3.05, 3.63) is 29.3 Å². The standard InChI is InChI=1S/C12H12BrNO/c1-9-4-5-11(10(2)8-9)14(3)12(15)6-7-13/h4-5,8H,1-3H3. The van der Waals surface area contributed by atoms with Gasteiger partial charge in [-0.3, -0.25) is 4.79 Å². The van der Waals surface area contributed by atoms with Crippen LogP contribution in [-0.4, -0.2) is 13.0 Å². The lowest BCUT2D eigenvalue weighted by Crippen LogP contribution is -2.25. The molecule has 0 aliphatic rings. The van der Waals surface area contributed by atoms with Gasteiger partial charge in [0.25, 0.3) is 0 Å². The van der Waals surface area contributed by atoms with Crippen LogP contribution in [0.5, 0.6) is 0 Å². The number of carbonyl (C=O) groups excluding carboxylic acids is 1. The molecule has 0 fully saturated rings. The maximum Gasteiger partial charge on any atom is 0.303 e. The van der Waals surface area contributed by atoms with Crippen molar-refractivity contribution in [1.82, 2.24) is 0 Å². The Morgan fingerprint density at radius 1 is 1.40 bits per heavy atom. The predicted octanol–water partition coefficient (Wildman–Crippen LogP) is 2.62. The summed E-state index contributed by atoms with van der Waals surface area (Å²) in [6.07, 6.45) is 0. The SMILES string of the molecule is Cc1ccc(N(C)C(=O)C#CBr)c(C)c1. The zero-order valence-corrected chi connectivity index (χ0v) is 10.6. The highest BCUT2D eigenvalue weighted by Crippen LogP contribution is 2.19. The molecule has 0 aromatic heterocycles. The van der Waals surface area contributed by atoms with E-state index in [1.54, 1.807) is 11.9 Å². The van der Waals surface area contributed by atoms with Crippen molar-refractivity contribution < 1.29 is 4.79 Å². The Balaban J connectivity index is 3.04. The van der Waals surface area contributed by atoms with Crippen LogP contribution in [-0.2, 0) is 4.79 Å². The summed E-state index contributed by atoms with van der Waals surface area (Å²) in [5, 5.41) is 0. The molecule has 2 nitrogen and oxygen atoms in total. The molecule has 1 rings (SSSR count). The maximum absolute atomic E-state index is 11.5. The Kier molecular flexibility index (Phi) is 3.93. The third kappa shape index (κ3) is 2.84. The molecule has 0 radical (unpaired) electrons. The van der Waals surface area contributed by atoms with Crippen molar-refractivity contribution >= 4 is 27.5 Å². The number of anilines is 1. The third-order valence-electron chi connectivity index (χ3n) is 2.17. The first-order chi connectivity index (χ1) is 7.06. The summed E-state index contributed by atoms with van der Waals surface area (Å²) >= 11 is 2.91. The van der Waals surface area contributed by atoms with Gasteiger partial charge in [-0.05, 0) is 30.3 Å². The molecule has 15 heavy (non-hydrogen) atoms. The molecule has 1 aromatic rings. The Labute approximate surface area is 98.4 Å². The number of rotatable bonds is 1. The maximum atomic E-state index is 11.5. The largest absolute Gasteiger partial charge is 0.304 e. The molecule has 0 N–H and O–H groups in total. The number of aryl methyl sites for hydroxylation is 2. The Morgan fingerprint density at radius 3 is 2.60 bits per heavy atom. The van der Waals surface area contributed by atoms with E-state index in [1.165, 1.54) is 5.56 Å². The monoisotopic (exact) mass is 265 g/mol. The average Bonchev–Trinajstić information content (AvgIpc) is 2.17. The van der Waals surface area contributed by atoms with Gasteiger partial charge in [0.2, 0.25) is 0 Å². The molecule has 3 heteroatoms. The summed E-state index contributed by atoms with van der Waals surface area (Å²) in [5.74, 6) is 2.22. The van der Waals surface area contributed by atoms with E-state index in [-0.39, 0.29) is 5.91 Å². The minimum atomic E-state index is -0.223. The highest BCUT2D eigenvalue weighted by Gasteiger charge is 2.10. The second-order valence-corrected chi connectivity index (χ2v) is 3.77. The second-order valence-electron chi connectivity index (χ2n) is 3.37. The zero-order chi connectivity index (χ0) is 11.4. The molecule has 78 valence electrons. The van der Waals surface area contributed by atoms with Crippen molar-refractivity contribution in [3.8, 4) is 10.8 Å². The van der Waals surface area contributed by atoms with Crippen molar-refractivity contribution in [2.75, 3.05) is 11.9 Å². The van der Waals surface area contributed by atoms with Crippen molar-refractivity contribution in [3.63, 3.8) is 0 Å². The molecule has 0 atom stereocenters. The Bertz CT molecular complexity index is 443. The third-order valence-corrected chi connectivity index (χ3v) is 2.37. The minimum absolute atomic E-state index is 0.223. The van der Waals surface area contributed by atoms with Crippen molar-refractivity contribution in [2.45, 2.75) is 13.8 Å². The lowest BCUT2D eigenvalue weighted by molar-refractivity contribution is -0.113. The van der Waals surface area contributed by atoms with E-state index < -0.39 is 0 Å². The fraction of sp³-hybridized carbons (Fsp3) is 0.250.